The van der Waals surface area contributed by atoms with E-state index >= 15 is 0 Å². The molecule has 1 aliphatic carbocycles. The number of carbonyl (C=O) groups excluding carboxylic acids is 1. The fraction of sp³-hybridized carbons (Fsp3) is 0.579. The molecule has 29 heavy (non-hydrogen) atoms. The molecule has 158 valence electrons. The average molecular weight is 428 g/mol. The molecule has 2 aliphatic rings. The second kappa shape index (κ2) is 8.08. The minimum absolute atomic E-state index is 0.219. The topological polar surface area (TPSA) is 70.4 Å². The van der Waals surface area contributed by atoms with Gasteiger partial charge in [-0.15, -0.1) is 11.3 Å². The molecule has 0 spiro atoms. The van der Waals surface area contributed by atoms with Crippen LogP contribution in [0.4, 0.5) is 19.0 Å². The van der Waals surface area contributed by atoms with E-state index in [4.69, 9.17) is 4.52 Å². The van der Waals surface area contributed by atoms with Crippen molar-refractivity contribution in [3.63, 3.8) is 0 Å². The van der Waals surface area contributed by atoms with Crippen LogP contribution in [-0.4, -0.2) is 53.9 Å². The summed E-state index contributed by atoms with van der Waals surface area (Å²) in [5.41, 5.74) is 0.594. The molecule has 1 aliphatic heterocycles. The van der Waals surface area contributed by atoms with E-state index in [2.05, 4.69) is 15.8 Å². The standard InChI is InChI=1S/C19H23F3N4O2S/c1-11-6-17(25-28-11)24-18(27)12-7-16(29-9-12)14-8-15(14)23-13-2-4-26(5-3-13)10-19(20,21)22/h6-7,9,13-15,23H,2-5,8,10H2,1H3,(H,24,25,27). The SMILES string of the molecule is Cc1cc(NC(=O)c2csc(C3CC3NC3CCN(CC(F)(F)F)CC3)c2)no1. The highest BCUT2D eigenvalue weighted by molar-refractivity contribution is 7.10. The Bertz CT molecular complexity index is 858. The van der Waals surface area contributed by atoms with E-state index in [1.807, 2.05) is 11.4 Å². The van der Waals surface area contributed by atoms with Crippen LogP contribution in [0.25, 0.3) is 0 Å². The first-order valence-electron chi connectivity index (χ1n) is 9.65. The van der Waals surface area contributed by atoms with Crippen molar-refractivity contribution in [1.29, 1.82) is 0 Å². The molecule has 2 atom stereocenters. The number of anilines is 1. The summed E-state index contributed by atoms with van der Waals surface area (Å²) in [4.78, 5) is 14.9. The molecule has 1 saturated heterocycles. The number of thiophene rings is 1. The van der Waals surface area contributed by atoms with Crippen molar-refractivity contribution in [2.24, 2.45) is 0 Å². The number of hydrogen-bond donors (Lipinski definition) is 2. The van der Waals surface area contributed by atoms with Gasteiger partial charge in [0.15, 0.2) is 5.82 Å². The van der Waals surface area contributed by atoms with Crippen molar-refractivity contribution < 1.29 is 22.5 Å². The zero-order valence-corrected chi connectivity index (χ0v) is 16.8. The maximum atomic E-state index is 12.5. The molecular weight excluding hydrogens is 405 g/mol. The van der Waals surface area contributed by atoms with Gasteiger partial charge >= 0.3 is 6.18 Å². The normalized spacial score (nSPS) is 23.3. The summed E-state index contributed by atoms with van der Waals surface area (Å²) in [6.45, 7) is 1.88. The first-order valence-corrected chi connectivity index (χ1v) is 10.5. The van der Waals surface area contributed by atoms with Crippen LogP contribution in [0.1, 0.15) is 46.2 Å². The molecule has 2 fully saturated rings. The second-order valence-electron chi connectivity index (χ2n) is 7.80. The number of aryl methyl sites for hydroxylation is 1. The first-order chi connectivity index (χ1) is 13.8. The Morgan fingerprint density at radius 2 is 2.10 bits per heavy atom. The van der Waals surface area contributed by atoms with Gasteiger partial charge in [0.25, 0.3) is 5.91 Å². The lowest BCUT2D eigenvalue weighted by atomic mass is 10.0. The van der Waals surface area contributed by atoms with Crippen LogP contribution in [0.5, 0.6) is 0 Å². The van der Waals surface area contributed by atoms with E-state index in [1.165, 1.54) is 4.90 Å². The highest BCUT2D eigenvalue weighted by Gasteiger charge is 2.41. The maximum Gasteiger partial charge on any atom is 0.401 e. The Hall–Kier alpha value is -1.91. The summed E-state index contributed by atoms with van der Waals surface area (Å²) in [6, 6.07) is 4.16. The van der Waals surface area contributed by atoms with Crippen LogP contribution in [0.15, 0.2) is 22.0 Å². The third kappa shape index (κ3) is 5.37. The number of hydrogen-bond acceptors (Lipinski definition) is 6. The third-order valence-electron chi connectivity index (χ3n) is 5.35. The van der Waals surface area contributed by atoms with Gasteiger partial charge in [-0.3, -0.25) is 9.69 Å². The van der Waals surface area contributed by atoms with E-state index < -0.39 is 12.7 Å². The van der Waals surface area contributed by atoms with Crippen LogP contribution in [0.2, 0.25) is 0 Å². The third-order valence-corrected chi connectivity index (χ3v) is 6.41. The van der Waals surface area contributed by atoms with Gasteiger partial charge in [-0.25, -0.2) is 0 Å². The lowest BCUT2D eigenvalue weighted by Crippen LogP contribution is -2.46. The molecule has 0 aromatic carbocycles. The summed E-state index contributed by atoms with van der Waals surface area (Å²) in [5, 5.41) is 11.9. The van der Waals surface area contributed by atoms with Crippen LogP contribution in [0, 0.1) is 6.92 Å². The van der Waals surface area contributed by atoms with Crippen LogP contribution in [-0.2, 0) is 0 Å². The molecule has 2 aromatic heterocycles. The molecule has 4 rings (SSSR count). The number of rotatable bonds is 6. The van der Waals surface area contributed by atoms with E-state index in [9.17, 15) is 18.0 Å². The molecule has 1 amide bonds. The van der Waals surface area contributed by atoms with E-state index in [-0.39, 0.29) is 11.9 Å². The molecule has 2 unspecified atom stereocenters. The van der Waals surface area contributed by atoms with Gasteiger partial charge in [0, 0.05) is 34.3 Å². The molecular formula is C19H23F3N4O2S. The first kappa shape index (κ1) is 20.4. The Morgan fingerprint density at radius 3 is 2.76 bits per heavy atom. The number of nitrogens with one attached hydrogen (secondary N) is 2. The van der Waals surface area contributed by atoms with Crippen LogP contribution >= 0.6 is 11.3 Å². The summed E-state index contributed by atoms with van der Waals surface area (Å²) >= 11 is 1.56. The Balaban J connectivity index is 1.23. The van der Waals surface area contributed by atoms with Crippen molar-refractivity contribution in [2.45, 2.75) is 50.4 Å². The monoisotopic (exact) mass is 428 g/mol. The number of carbonyl (C=O) groups is 1. The van der Waals surface area contributed by atoms with Gasteiger partial charge in [0.2, 0.25) is 0 Å². The number of aromatic nitrogens is 1. The van der Waals surface area contributed by atoms with Crippen molar-refractivity contribution in [2.75, 3.05) is 25.0 Å². The predicted molar refractivity (Wildman–Crippen MR) is 103 cm³/mol. The molecule has 1 saturated carbocycles. The molecule has 3 heterocycles. The lowest BCUT2D eigenvalue weighted by Gasteiger charge is -2.33. The van der Waals surface area contributed by atoms with Gasteiger partial charge in [0.1, 0.15) is 5.76 Å². The van der Waals surface area contributed by atoms with Crippen molar-refractivity contribution >= 4 is 23.1 Å². The van der Waals surface area contributed by atoms with Gasteiger partial charge in [-0.1, -0.05) is 5.16 Å². The predicted octanol–water partition coefficient (Wildman–Crippen LogP) is 3.77. The minimum atomic E-state index is -4.13. The minimum Gasteiger partial charge on any atom is -0.360 e. The zero-order valence-electron chi connectivity index (χ0n) is 16.0. The molecule has 10 heteroatoms. The summed E-state index contributed by atoms with van der Waals surface area (Å²) in [6.07, 6.45) is -1.67. The second-order valence-corrected chi connectivity index (χ2v) is 8.74. The van der Waals surface area contributed by atoms with Gasteiger partial charge in [0.05, 0.1) is 12.1 Å². The Labute approximate surface area is 170 Å². The number of alkyl halides is 3. The Morgan fingerprint density at radius 1 is 1.34 bits per heavy atom. The van der Waals surface area contributed by atoms with Crippen molar-refractivity contribution in [1.82, 2.24) is 15.4 Å². The number of piperidine rings is 1. The number of nitrogens with zero attached hydrogens (tertiary/aromatic N) is 2. The van der Waals surface area contributed by atoms with Crippen LogP contribution < -0.4 is 10.6 Å². The molecule has 0 radical (unpaired) electrons. The zero-order chi connectivity index (χ0) is 20.6. The molecule has 6 nitrogen and oxygen atoms in total. The van der Waals surface area contributed by atoms with Gasteiger partial charge in [-0.2, -0.15) is 13.2 Å². The smallest absolute Gasteiger partial charge is 0.360 e. The fourth-order valence-electron chi connectivity index (χ4n) is 3.79. The van der Waals surface area contributed by atoms with E-state index in [0.717, 1.165) is 24.1 Å². The number of halogens is 3. The van der Waals surface area contributed by atoms with Crippen molar-refractivity contribution in [3.8, 4) is 0 Å². The molecule has 2 aromatic rings. The number of amides is 1. The summed E-state index contributed by atoms with van der Waals surface area (Å²) in [7, 11) is 0. The highest BCUT2D eigenvalue weighted by atomic mass is 32.1. The molecule has 0 bridgehead atoms. The summed E-state index contributed by atoms with van der Waals surface area (Å²) in [5.74, 6) is 1.16. The van der Waals surface area contributed by atoms with Gasteiger partial charge < -0.3 is 15.2 Å². The van der Waals surface area contributed by atoms with Crippen LogP contribution in [0.3, 0.4) is 0 Å². The van der Waals surface area contributed by atoms with Crippen molar-refractivity contribution in [3.05, 3.63) is 33.7 Å². The largest absolute Gasteiger partial charge is 0.401 e. The highest BCUT2D eigenvalue weighted by Crippen LogP contribution is 2.44. The number of likely N-dealkylation sites (tertiary alicyclic amines) is 1. The average Bonchev–Trinajstić information content (AvgIpc) is 3.03. The van der Waals surface area contributed by atoms with Gasteiger partial charge in [-0.05, 0) is 45.3 Å². The summed E-state index contributed by atoms with van der Waals surface area (Å²) < 4.78 is 42.4. The molecule has 2 N–H and O–H groups in total. The van der Waals surface area contributed by atoms with E-state index in [0.29, 0.717) is 42.2 Å². The Kier molecular flexibility index (Phi) is 5.67. The van der Waals surface area contributed by atoms with E-state index in [1.54, 1.807) is 24.3 Å². The fourth-order valence-corrected chi connectivity index (χ4v) is 4.86. The quantitative estimate of drug-likeness (QED) is 0.733. The lowest BCUT2D eigenvalue weighted by molar-refractivity contribution is -0.148. The maximum absolute atomic E-state index is 12.5.